The molecule has 1 aromatic carbocycles. The summed E-state index contributed by atoms with van der Waals surface area (Å²) in [6, 6.07) is 8.22. The Bertz CT molecular complexity index is 674. The van der Waals surface area contributed by atoms with Gasteiger partial charge >= 0.3 is 0 Å². The third-order valence-electron chi connectivity index (χ3n) is 2.79. The third kappa shape index (κ3) is 3.74. The largest absolute Gasteiger partial charge is 0.293 e. The van der Waals surface area contributed by atoms with Gasteiger partial charge in [-0.15, -0.1) is 11.3 Å². The molecule has 0 aliphatic carbocycles. The summed E-state index contributed by atoms with van der Waals surface area (Å²) in [7, 11) is -3.46. The summed E-state index contributed by atoms with van der Waals surface area (Å²) in [5, 5.41) is 1.81. The van der Waals surface area contributed by atoms with Crippen molar-refractivity contribution in [2.24, 2.45) is 0 Å². The van der Waals surface area contributed by atoms with E-state index in [0.717, 1.165) is 12.1 Å². The van der Waals surface area contributed by atoms with Crippen LogP contribution in [0.3, 0.4) is 0 Å². The van der Waals surface area contributed by atoms with Crippen molar-refractivity contribution in [1.29, 1.82) is 0 Å². The highest BCUT2D eigenvalue weighted by molar-refractivity contribution is 7.91. The fourth-order valence-electron chi connectivity index (χ4n) is 1.74. The second kappa shape index (κ2) is 6.28. The Morgan fingerprint density at radius 1 is 1.15 bits per heavy atom. The molecule has 0 radical (unpaired) electrons. The molecule has 3 nitrogen and oxygen atoms in total. The molecule has 0 aliphatic rings. The van der Waals surface area contributed by atoms with Gasteiger partial charge in [-0.05, 0) is 42.1 Å². The number of halogens is 1. The molecule has 106 valence electrons. The van der Waals surface area contributed by atoms with Crippen LogP contribution in [-0.4, -0.2) is 20.0 Å². The van der Waals surface area contributed by atoms with E-state index >= 15 is 0 Å². The topological polar surface area (TPSA) is 51.2 Å². The van der Waals surface area contributed by atoms with E-state index in [1.807, 2.05) is 5.38 Å². The van der Waals surface area contributed by atoms with Gasteiger partial charge in [0.05, 0.1) is 15.5 Å². The van der Waals surface area contributed by atoms with Gasteiger partial charge in [-0.1, -0.05) is 6.07 Å². The Kier molecular flexibility index (Phi) is 4.67. The summed E-state index contributed by atoms with van der Waals surface area (Å²) >= 11 is 1.35. The maximum Gasteiger partial charge on any atom is 0.178 e. The van der Waals surface area contributed by atoms with Crippen molar-refractivity contribution >= 4 is 27.0 Å². The van der Waals surface area contributed by atoms with E-state index in [1.165, 1.54) is 23.5 Å². The van der Waals surface area contributed by atoms with Crippen LogP contribution in [0.1, 0.15) is 22.5 Å². The highest BCUT2D eigenvalue weighted by atomic mass is 32.2. The first-order valence-electron chi connectivity index (χ1n) is 6.04. The standard InChI is InChI=1S/C14H13FO3S2/c15-11-5-7-12(8-6-11)20(17,18)10-2-3-13(16)14-4-1-9-19-14/h1,4-9H,2-3,10H2. The van der Waals surface area contributed by atoms with E-state index in [2.05, 4.69) is 0 Å². The first-order chi connectivity index (χ1) is 9.49. The van der Waals surface area contributed by atoms with Gasteiger partial charge in [-0.2, -0.15) is 0 Å². The summed E-state index contributed by atoms with van der Waals surface area (Å²) in [6.07, 6.45) is 0.456. The summed E-state index contributed by atoms with van der Waals surface area (Å²) in [5.41, 5.74) is 0. The zero-order valence-corrected chi connectivity index (χ0v) is 12.2. The van der Waals surface area contributed by atoms with E-state index in [9.17, 15) is 17.6 Å². The zero-order chi connectivity index (χ0) is 14.6. The minimum atomic E-state index is -3.46. The predicted octanol–water partition coefficient (Wildman–Crippen LogP) is 3.32. The van der Waals surface area contributed by atoms with Crippen LogP contribution in [0, 0.1) is 5.82 Å². The van der Waals surface area contributed by atoms with Crippen LogP contribution in [0.5, 0.6) is 0 Å². The maximum absolute atomic E-state index is 12.8. The van der Waals surface area contributed by atoms with Gasteiger partial charge in [0.15, 0.2) is 15.6 Å². The Morgan fingerprint density at radius 3 is 2.45 bits per heavy atom. The lowest BCUT2D eigenvalue weighted by Crippen LogP contribution is -2.08. The van der Waals surface area contributed by atoms with Crippen LogP contribution in [0.4, 0.5) is 4.39 Å². The average molecular weight is 312 g/mol. The van der Waals surface area contributed by atoms with Crippen LogP contribution in [0.2, 0.25) is 0 Å². The fourth-order valence-corrected chi connectivity index (χ4v) is 3.75. The van der Waals surface area contributed by atoms with Crippen molar-refractivity contribution in [3.05, 3.63) is 52.5 Å². The molecule has 0 fully saturated rings. The molecule has 1 aromatic heterocycles. The Morgan fingerprint density at radius 2 is 1.85 bits per heavy atom. The van der Waals surface area contributed by atoms with Crippen molar-refractivity contribution in [3.8, 4) is 0 Å². The monoisotopic (exact) mass is 312 g/mol. The predicted molar refractivity (Wildman–Crippen MR) is 76.3 cm³/mol. The maximum atomic E-state index is 12.8. The number of hydrogen-bond donors (Lipinski definition) is 0. The highest BCUT2D eigenvalue weighted by Crippen LogP contribution is 2.16. The lowest BCUT2D eigenvalue weighted by atomic mass is 10.2. The fraction of sp³-hybridized carbons (Fsp3) is 0.214. The number of carbonyl (C=O) groups is 1. The zero-order valence-electron chi connectivity index (χ0n) is 10.6. The minimum absolute atomic E-state index is 0.0469. The molecule has 0 N–H and O–H groups in total. The quantitative estimate of drug-likeness (QED) is 0.607. The number of rotatable bonds is 6. The van der Waals surface area contributed by atoms with Crippen molar-refractivity contribution in [3.63, 3.8) is 0 Å². The molecular weight excluding hydrogens is 299 g/mol. The number of Topliss-reactive ketones (excluding diaryl/α,β-unsaturated/α-hetero) is 1. The van der Waals surface area contributed by atoms with Crippen LogP contribution in [0.15, 0.2) is 46.7 Å². The molecule has 2 rings (SSSR count). The number of carbonyl (C=O) groups excluding carboxylic acids is 1. The van der Waals surface area contributed by atoms with Gasteiger partial charge in [0.2, 0.25) is 0 Å². The van der Waals surface area contributed by atoms with Crippen molar-refractivity contribution in [2.75, 3.05) is 5.75 Å². The average Bonchev–Trinajstić information content (AvgIpc) is 2.93. The van der Waals surface area contributed by atoms with Gasteiger partial charge in [-0.25, -0.2) is 12.8 Å². The highest BCUT2D eigenvalue weighted by Gasteiger charge is 2.15. The van der Waals surface area contributed by atoms with Crippen molar-refractivity contribution < 1.29 is 17.6 Å². The second-order valence-electron chi connectivity index (χ2n) is 4.28. The van der Waals surface area contributed by atoms with E-state index in [0.29, 0.717) is 4.88 Å². The number of hydrogen-bond acceptors (Lipinski definition) is 4. The van der Waals surface area contributed by atoms with Crippen LogP contribution >= 0.6 is 11.3 Å². The van der Waals surface area contributed by atoms with Gasteiger partial charge in [0.25, 0.3) is 0 Å². The molecule has 0 bridgehead atoms. The molecule has 0 aliphatic heterocycles. The van der Waals surface area contributed by atoms with E-state index in [1.54, 1.807) is 12.1 Å². The molecule has 6 heteroatoms. The van der Waals surface area contributed by atoms with Crippen LogP contribution < -0.4 is 0 Å². The van der Waals surface area contributed by atoms with Gasteiger partial charge in [0.1, 0.15) is 5.82 Å². The third-order valence-corrected chi connectivity index (χ3v) is 5.51. The summed E-state index contributed by atoms with van der Waals surface area (Å²) in [4.78, 5) is 12.5. The number of benzene rings is 1. The van der Waals surface area contributed by atoms with E-state index < -0.39 is 15.7 Å². The molecular formula is C14H13FO3S2. The number of thiophene rings is 1. The van der Waals surface area contributed by atoms with E-state index in [-0.39, 0.29) is 29.3 Å². The molecule has 0 unspecified atom stereocenters. The van der Waals surface area contributed by atoms with E-state index in [4.69, 9.17) is 0 Å². The number of ketones is 1. The molecule has 0 spiro atoms. The van der Waals surface area contributed by atoms with Crippen molar-refractivity contribution in [1.82, 2.24) is 0 Å². The molecule has 0 atom stereocenters. The Balaban J connectivity index is 1.93. The van der Waals surface area contributed by atoms with Crippen LogP contribution in [-0.2, 0) is 9.84 Å². The first-order valence-corrected chi connectivity index (χ1v) is 8.57. The van der Waals surface area contributed by atoms with Crippen molar-refractivity contribution in [2.45, 2.75) is 17.7 Å². The summed E-state index contributed by atoms with van der Waals surface area (Å²) < 4.78 is 36.7. The normalized spacial score (nSPS) is 11.4. The summed E-state index contributed by atoms with van der Waals surface area (Å²) in [6.45, 7) is 0. The summed E-state index contributed by atoms with van der Waals surface area (Å²) in [5.74, 6) is -0.637. The number of sulfone groups is 1. The Hall–Kier alpha value is -1.53. The first kappa shape index (κ1) is 14.9. The second-order valence-corrected chi connectivity index (χ2v) is 7.33. The molecule has 20 heavy (non-hydrogen) atoms. The van der Waals surface area contributed by atoms with Gasteiger partial charge in [0, 0.05) is 6.42 Å². The molecule has 0 saturated heterocycles. The van der Waals surface area contributed by atoms with Crippen LogP contribution in [0.25, 0.3) is 0 Å². The Labute approximate surface area is 121 Å². The molecule has 0 amide bonds. The molecule has 2 aromatic rings. The SMILES string of the molecule is O=C(CCCS(=O)(=O)c1ccc(F)cc1)c1cccs1. The lowest BCUT2D eigenvalue weighted by Gasteiger charge is -2.04. The smallest absolute Gasteiger partial charge is 0.178 e. The lowest BCUT2D eigenvalue weighted by molar-refractivity contribution is 0.0986. The molecule has 0 saturated carbocycles. The molecule has 1 heterocycles. The van der Waals surface area contributed by atoms with Gasteiger partial charge in [-0.3, -0.25) is 4.79 Å². The van der Waals surface area contributed by atoms with Gasteiger partial charge < -0.3 is 0 Å². The minimum Gasteiger partial charge on any atom is -0.293 e.